The van der Waals surface area contributed by atoms with Crippen molar-refractivity contribution in [1.82, 2.24) is 5.32 Å². The Labute approximate surface area is 99.9 Å². The topological polar surface area (TPSA) is 72.2 Å². The summed E-state index contributed by atoms with van der Waals surface area (Å²) in [4.78, 5) is 0.229. The standard InChI is InChI=1S/C12H12N2O2S/c13-17(15,16)12-6-8-2-1-3-9(8)11-7-14-5-4-10(11)12/h1,3-6,14H,2,7H2,(H2,13,15,16). The maximum Gasteiger partial charge on any atom is 0.238 e. The molecule has 3 N–H and O–H groups in total. The molecule has 2 aliphatic rings. The van der Waals surface area contributed by atoms with Gasteiger partial charge < -0.3 is 5.32 Å². The lowest BCUT2D eigenvalue weighted by molar-refractivity contribution is 0.597. The average molecular weight is 248 g/mol. The molecule has 0 fully saturated rings. The second kappa shape index (κ2) is 3.45. The quantitative estimate of drug-likeness (QED) is 0.778. The number of sulfonamides is 1. The van der Waals surface area contributed by atoms with Gasteiger partial charge in [0.15, 0.2) is 0 Å². The van der Waals surface area contributed by atoms with E-state index in [0.717, 1.165) is 28.7 Å². The van der Waals surface area contributed by atoms with Crippen LogP contribution in [0, 0.1) is 0 Å². The Morgan fingerprint density at radius 2 is 2.06 bits per heavy atom. The molecule has 1 heterocycles. The van der Waals surface area contributed by atoms with Crippen LogP contribution in [0.4, 0.5) is 0 Å². The number of nitrogens with two attached hydrogens (primary N) is 1. The van der Waals surface area contributed by atoms with E-state index in [1.165, 1.54) is 0 Å². The number of hydrogen-bond acceptors (Lipinski definition) is 3. The molecule has 5 heteroatoms. The fraction of sp³-hybridized carbons (Fsp3) is 0.167. The van der Waals surface area contributed by atoms with Gasteiger partial charge in [-0.1, -0.05) is 12.2 Å². The Morgan fingerprint density at radius 1 is 1.24 bits per heavy atom. The minimum absolute atomic E-state index is 0.229. The zero-order valence-electron chi connectivity index (χ0n) is 9.10. The van der Waals surface area contributed by atoms with Gasteiger partial charge in [0.25, 0.3) is 0 Å². The lowest BCUT2D eigenvalue weighted by Gasteiger charge is -2.19. The highest BCUT2D eigenvalue weighted by molar-refractivity contribution is 7.89. The highest BCUT2D eigenvalue weighted by Gasteiger charge is 2.23. The van der Waals surface area contributed by atoms with Gasteiger partial charge in [0.2, 0.25) is 10.0 Å². The summed E-state index contributed by atoms with van der Waals surface area (Å²) in [5, 5.41) is 8.37. The van der Waals surface area contributed by atoms with Gasteiger partial charge in [0, 0.05) is 12.1 Å². The number of rotatable bonds is 1. The first-order valence-corrected chi connectivity index (χ1v) is 6.90. The molecular weight excluding hydrogens is 236 g/mol. The predicted molar refractivity (Wildman–Crippen MR) is 66.4 cm³/mol. The van der Waals surface area contributed by atoms with Crippen LogP contribution in [0.15, 0.2) is 23.2 Å². The second-order valence-electron chi connectivity index (χ2n) is 4.21. The normalized spacial score (nSPS) is 16.5. The Kier molecular flexibility index (Phi) is 2.14. The van der Waals surface area contributed by atoms with E-state index in [4.69, 9.17) is 5.14 Å². The van der Waals surface area contributed by atoms with Gasteiger partial charge in [-0.05, 0) is 41.5 Å². The molecule has 0 saturated heterocycles. The molecule has 0 saturated carbocycles. The summed E-state index contributed by atoms with van der Waals surface area (Å²) in [6.45, 7) is 0.641. The summed E-state index contributed by atoms with van der Waals surface area (Å²) < 4.78 is 23.2. The van der Waals surface area contributed by atoms with E-state index in [9.17, 15) is 8.42 Å². The van der Waals surface area contributed by atoms with Crippen LogP contribution in [0.1, 0.15) is 22.3 Å². The Bertz CT molecular complexity index is 658. The lowest BCUT2D eigenvalue weighted by Crippen LogP contribution is -2.19. The monoisotopic (exact) mass is 248 g/mol. The molecule has 0 aromatic heterocycles. The van der Waals surface area contributed by atoms with Crippen LogP contribution in [0.25, 0.3) is 12.2 Å². The number of fused-ring (bicyclic) bond motifs is 3. The van der Waals surface area contributed by atoms with Crippen LogP contribution in [-0.4, -0.2) is 8.42 Å². The summed E-state index contributed by atoms with van der Waals surface area (Å²) in [5.74, 6) is 0. The van der Waals surface area contributed by atoms with Crippen LogP contribution in [-0.2, 0) is 23.0 Å². The van der Waals surface area contributed by atoms with Gasteiger partial charge in [0.05, 0.1) is 4.90 Å². The van der Waals surface area contributed by atoms with Crippen molar-refractivity contribution in [1.29, 1.82) is 0 Å². The fourth-order valence-electron chi connectivity index (χ4n) is 2.39. The Morgan fingerprint density at radius 3 is 2.82 bits per heavy atom. The molecule has 3 rings (SSSR count). The first-order valence-electron chi connectivity index (χ1n) is 5.35. The Balaban J connectivity index is 2.38. The number of primary sulfonamides is 1. The molecule has 1 aliphatic carbocycles. The molecule has 0 spiro atoms. The maximum absolute atomic E-state index is 11.6. The minimum Gasteiger partial charge on any atom is -0.387 e. The zero-order chi connectivity index (χ0) is 12.0. The van der Waals surface area contributed by atoms with Crippen LogP contribution >= 0.6 is 0 Å². The van der Waals surface area contributed by atoms with Crippen LogP contribution in [0.5, 0.6) is 0 Å². The molecule has 4 nitrogen and oxygen atoms in total. The molecule has 0 bridgehead atoms. The summed E-state index contributed by atoms with van der Waals surface area (Å²) in [7, 11) is -3.67. The third-order valence-electron chi connectivity index (χ3n) is 3.14. The molecule has 1 aromatic rings. The van der Waals surface area contributed by atoms with Crippen molar-refractivity contribution in [2.45, 2.75) is 17.9 Å². The van der Waals surface area contributed by atoms with Crippen LogP contribution in [0.3, 0.4) is 0 Å². The van der Waals surface area contributed by atoms with E-state index in [-0.39, 0.29) is 4.90 Å². The number of hydrogen-bond donors (Lipinski definition) is 2. The van der Waals surface area contributed by atoms with Gasteiger partial charge in [0.1, 0.15) is 0 Å². The SMILES string of the molecule is NS(=O)(=O)c1cc2c(c3c1C=CNC3)C=CC2. The molecule has 0 amide bonds. The van der Waals surface area contributed by atoms with Gasteiger partial charge >= 0.3 is 0 Å². The largest absolute Gasteiger partial charge is 0.387 e. The van der Waals surface area contributed by atoms with E-state index < -0.39 is 10.0 Å². The molecule has 1 aromatic carbocycles. The van der Waals surface area contributed by atoms with Gasteiger partial charge in [-0.25, -0.2) is 13.6 Å². The van der Waals surface area contributed by atoms with Crippen molar-refractivity contribution >= 4 is 22.2 Å². The third-order valence-corrected chi connectivity index (χ3v) is 4.09. The smallest absolute Gasteiger partial charge is 0.238 e. The van der Waals surface area contributed by atoms with Crippen molar-refractivity contribution in [3.63, 3.8) is 0 Å². The van der Waals surface area contributed by atoms with Gasteiger partial charge in [-0.3, -0.25) is 0 Å². The van der Waals surface area contributed by atoms with Crippen molar-refractivity contribution in [3.05, 3.63) is 40.6 Å². The second-order valence-corrected chi connectivity index (χ2v) is 5.74. The van der Waals surface area contributed by atoms with Gasteiger partial charge in [-0.2, -0.15) is 0 Å². The van der Waals surface area contributed by atoms with E-state index in [2.05, 4.69) is 5.32 Å². The van der Waals surface area contributed by atoms with Crippen molar-refractivity contribution < 1.29 is 8.42 Å². The zero-order valence-corrected chi connectivity index (χ0v) is 9.92. The molecular formula is C12H12N2O2S. The number of nitrogens with one attached hydrogen (secondary N) is 1. The third kappa shape index (κ3) is 1.59. The van der Waals surface area contributed by atoms with Crippen molar-refractivity contribution in [3.8, 4) is 0 Å². The maximum atomic E-state index is 11.6. The molecule has 88 valence electrons. The lowest BCUT2D eigenvalue weighted by atomic mass is 9.96. The summed E-state index contributed by atoms with van der Waals surface area (Å²) in [6.07, 6.45) is 8.38. The van der Waals surface area contributed by atoms with Gasteiger partial charge in [-0.15, -0.1) is 0 Å². The molecule has 17 heavy (non-hydrogen) atoms. The molecule has 1 aliphatic heterocycles. The highest BCUT2D eigenvalue weighted by atomic mass is 32.2. The fourth-order valence-corrected chi connectivity index (χ4v) is 3.20. The number of benzene rings is 1. The average Bonchev–Trinajstić information content (AvgIpc) is 2.74. The van der Waals surface area contributed by atoms with Crippen molar-refractivity contribution in [2.75, 3.05) is 0 Å². The van der Waals surface area contributed by atoms with E-state index in [0.29, 0.717) is 6.54 Å². The van der Waals surface area contributed by atoms with Crippen LogP contribution in [0.2, 0.25) is 0 Å². The molecule has 0 unspecified atom stereocenters. The predicted octanol–water partition coefficient (Wildman–Crippen LogP) is 0.977. The van der Waals surface area contributed by atoms with Crippen LogP contribution < -0.4 is 10.5 Å². The van der Waals surface area contributed by atoms with E-state index in [1.54, 1.807) is 18.3 Å². The summed E-state index contributed by atoms with van der Waals surface area (Å²) >= 11 is 0. The Hall–Kier alpha value is -1.59. The van der Waals surface area contributed by atoms with E-state index >= 15 is 0 Å². The first-order chi connectivity index (χ1) is 8.07. The number of allylic oxidation sites excluding steroid dienone is 1. The minimum atomic E-state index is -3.67. The molecule has 0 atom stereocenters. The summed E-state index contributed by atoms with van der Waals surface area (Å²) in [5.41, 5.74) is 3.90. The summed E-state index contributed by atoms with van der Waals surface area (Å²) in [6, 6.07) is 1.69. The molecule has 0 radical (unpaired) electrons. The van der Waals surface area contributed by atoms with Crippen molar-refractivity contribution in [2.24, 2.45) is 5.14 Å². The highest BCUT2D eigenvalue weighted by Crippen LogP contribution is 2.33. The van der Waals surface area contributed by atoms with E-state index in [1.807, 2.05) is 12.2 Å². The first kappa shape index (κ1) is 10.6.